The second-order valence-corrected chi connectivity index (χ2v) is 19.5. The minimum atomic E-state index is -1.28. The molecular weight excluding hydrogens is 959 g/mol. The van der Waals surface area contributed by atoms with Gasteiger partial charge >= 0.3 is 6.03 Å². The van der Waals surface area contributed by atoms with Crippen LogP contribution >= 0.6 is 11.8 Å². The van der Waals surface area contributed by atoms with Gasteiger partial charge in [-0.15, -0.1) is 0 Å². The molecule has 390 valence electrons. The number of para-hydroxylation sites is 1. The predicted octanol–water partition coefficient (Wildman–Crippen LogP) is 0.892. The summed E-state index contributed by atoms with van der Waals surface area (Å²) in [6.45, 7) is -0.754. The Labute approximate surface area is 426 Å². The van der Waals surface area contributed by atoms with Crippen LogP contribution in [0.5, 0.6) is 0 Å². The molecule has 73 heavy (non-hydrogen) atoms. The number of unbranched alkanes of at least 4 members (excludes halogenated alkanes) is 2. The Morgan fingerprint density at radius 3 is 2.05 bits per heavy atom. The molecule has 4 aromatic rings. The third-order valence-electron chi connectivity index (χ3n) is 12.8. The number of nitrogens with one attached hydrogen (secondary N) is 10. The number of carbonyl (C=O) groups is 9. The van der Waals surface area contributed by atoms with E-state index in [9.17, 15) is 48.4 Å². The van der Waals surface area contributed by atoms with Crippen LogP contribution in [0.25, 0.3) is 10.9 Å². The summed E-state index contributed by atoms with van der Waals surface area (Å²) in [7, 11) is 0. The molecule has 2 aliphatic heterocycles. The van der Waals surface area contributed by atoms with Crippen molar-refractivity contribution in [3.63, 3.8) is 0 Å². The van der Waals surface area contributed by atoms with Crippen LogP contribution in [0.2, 0.25) is 0 Å². The first-order valence-electron chi connectivity index (χ1n) is 24.5. The van der Waals surface area contributed by atoms with Crippen LogP contribution in [-0.4, -0.2) is 124 Å². The van der Waals surface area contributed by atoms with Crippen LogP contribution in [0.3, 0.4) is 0 Å². The Morgan fingerprint density at radius 1 is 0.658 bits per heavy atom. The highest BCUT2D eigenvalue weighted by Gasteiger charge is 2.42. The van der Waals surface area contributed by atoms with E-state index in [1.54, 1.807) is 72.3 Å². The number of thioether (sulfide) groups is 1. The zero-order valence-electron chi connectivity index (χ0n) is 40.4. The number of urea groups is 1. The number of hydroxylamine groups is 1. The average Bonchev–Trinajstić information content (AvgIpc) is 4.09. The van der Waals surface area contributed by atoms with Crippen LogP contribution < -0.4 is 53.7 Å². The Hall–Kier alpha value is -7.46. The van der Waals surface area contributed by atoms with Crippen molar-refractivity contribution in [1.29, 1.82) is 0 Å². The van der Waals surface area contributed by atoms with Gasteiger partial charge in [-0.25, -0.2) is 10.3 Å². The third-order valence-corrected chi connectivity index (χ3v) is 14.3. The highest BCUT2D eigenvalue weighted by molar-refractivity contribution is 8.00. The molecule has 0 spiro atoms. The van der Waals surface area contributed by atoms with Gasteiger partial charge in [-0.3, -0.25) is 43.6 Å². The molecule has 1 aromatic heterocycles. The molecule has 2 aliphatic rings. The molecule has 3 heterocycles. The van der Waals surface area contributed by atoms with E-state index < -0.39 is 78.5 Å². The second kappa shape index (κ2) is 28.0. The lowest BCUT2D eigenvalue weighted by atomic mass is 9.94. The van der Waals surface area contributed by atoms with Crippen LogP contribution in [0, 0.1) is 5.92 Å². The van der Waals surface area contributed by atoms with Crippen molar-refractivity contribution >= 4 is 76.0 Å². The standard InChI is InChI=1S/C51H65N11O10S/c52-47(67)37(19-11-12-22-53-42(63)21-10-9-20-41-46-40(30-73-41)60-51(71)61-46)57-45(66)29-55-44(65)28-56-49(69)39(25-34-27-54-36-18-8-7-17-35(34)36)59-50(70)38(24-32-15-5-2-6-16-32)58-48(68)33(26-43(64)62-72)23-31-13-3-1-4-14-31/h1-8,13-18,27,33,37-41,46,54,72H,9-12,19-26,28-30H2,(H2,52,67)(H,53,63)(H,55,65)(H,56,69)(H,57,66)(H,58,68)(H,59,70)(H,62,64)(H2,60,61,71)/t33?,37-,38-,39-,40-,41-,46-/m0/s1. The number of hydrogen-bond acceptors (Lipinski definition) is 11. The minimum Gasteiger partial charge on any atom is -0.368 e. The van der Waals surface area contributed by atoms with Crippen LogP contribution in [0.4, 0.5) is 4.79 Å². The molecule has 21 nitrogen and oxygen atoms in total. The average molecular weight is 1020 g/mol. The summed E-state index contributed by atoms with van der Waals surface area (Å²) < 4.78 is 0. The quantitative estimate of drug-likeness (QED) is 0.0157. The molecule has 1 unspecified atom stereocenters. The summed E-state index contributed by atoms with van der Waals surface area (Å²) in [5, 5.41) is 32.2. The fraction of sp³-hybridized carbons (Fsp3) is 0.431. The highest BCUT2D eigenvalue weighted by atomic mass is 32.2. The Kier molecular flexibility index (Phi) is 21.0. The number of aromatic nitrogens is 1. The lowest BCUT2D eigenvalue weighted by Gasteiger charge is -2.25. The van der Waals surface area contributed by atoms with Gasteiger partial charge in [-0.2, -0.15) is 11.8 Å². The first kappa shape index (κ1) is 54.9. The number of rotatable bonds is 29. The van der Waals surface area contributed by atoms with Gasteiger partial charge in [0, 0.05) is 60.3 Å². The van der Waals surface area contributed by atoms with Crippen LogP contribution in [0.15, 0.2) is 91.1 Å². The van der Waals surface area contributed by atoms with Crippen molar-refractivity contribution in [2.24, 2.45) is 11.7 Å². The molecule has 13 N–H and O–H groups in total. The van der Waals surface area contributed by atoms with Gasteiger partial charge in [-0.05, 0) is 61.3 Å². The molecule has 10 amide bonds. The molecule has 0 aliphatic carbocycles. The molecule has 6 rings (SSSR count). The smallest absolute Gasteiger partial charge is 0.315 e. The zero-order chi connectivity index (χ0) is 52.1. The van der Waals surface area contributed by atoms with E-state index in [1.807, 2.05) is 36.0 Å². The van der Waals surface area contributed by atoms with Crippen molar-refractivity contribution in [3.8, 4) is 0 Å². The molecule has 3 aromatic carbocycles. The van der Waals surface area contributed by atoms with Gasteiger partial charge in [0.1, 0.15) is 18.1 Å². The number of aromatic amines is 1. The van der Waals surface area contributed by atoms with E-state index in [-0.39, 0.29) is 56.1 Å². The van der Waals surface area contributed by atoms with Gasteiger partial charge in [-0.1, -0.05) is 85.3 Å². The molecule has 2 fully saturated rings. The van der Waals surface area contributed by atoms with Gasteiger partial charge in [0.2, 0.25) is 47.3 Å². The van der Waals surface area contributed by atoms with Crippen molar-refractivity contribution < 1.29 is 48.4 Å². The monoisotopic (exact) mass is 1020 g/mol. The maximum Gasteiger partial charge on any atom is 0.315 e. The number of fused-ring (bicyclic) bond motifs is 2. The SMILES string of the molecule is NC(=O)[C@H](CCCCNC(=O)CCCC[C@@H]1SC[C@@H]2NC(=O)N[C@@H]21)NC(=O)CNC(=O)CNC(=O)[C@H](Cc1c[nH]c2ccccc12)NC(=O)[C@H](Cc1ccccc1)NC(=O)C(CC(=O)NO)Cc1ccccc1. The van der Waals surface area contributed by atoms with Crippen molar-refractivity contribution in [3.05, 3.63) is 108 Å². The lowest BCUT2D eigenvalue weighted by Crippen LogP contribution is -2.56. The maximum absolute atomic E-state index is 14.3. The molecule has 0 radical (unpaired) electrons. The van der Waals surface area contributed by atoms with Crippen molar-refractivity contribution in [2.75, 3.05) is 25.4 Å². The molecule has 2 saturated heterocycles. The Morgan fingerprint density at radius 2 is 1.33 bits per heavy atom. The van der Waals surface area contributed by atoms with Gasteiger partial charge in [0.25, 0.3) is 0 Å². The number of carbonyl (C=O) groups excluding carboxylic acids is 9. The number of benzene rings is 3. The summed E-state index contributed by atoms with van der Waals surface area (Å²) in [5.74, 6) is -5.31. The number of hydrogen-bond donors (Lipinski definition) is 12. The Bertz CT molecular complexity index is 2550. The summed E-state index contributed by atoms with van der Waals surface area (Å²) >= 11 is 1.84. The van der Waals surface area contributed by atoms with Crippen molar-refractivity contribution in [1.82, 2.24) is 53.0 Å². The fourth-order valence-corrected chi connectivity index (χ4v) is 10.4. The molecule has 0 saturated carbocycles. The largest absolute Gasteiger partial charge is 0.368 e. The summed E-state index contributed by atoms with van der Waals surface area (Å²) in [5.41, 5.74) is 10.0. The zero-order valence-corrected chi connectivity index (χ0v) is 41.2. The summed E-state index contributed by atoms with van der Waals surface area (Å²) in [6.07, 6.45) is 5.47. The topological polar surface area (TPSA) is 324 Å². The molecule has 0 bridgehead atoms. The number of primary amides is 1. The van der Waals surface area contributed by atoms with E-state index >= 15 is 0 Å². The van der Waals surface area contributed by atoms with E-state index in [0.29, 0.717) is 42.2 Å². The molecular formula is C51H65N11O10S. The minimum absolute atomic E-state index is 0.00810. The van der Waals surface area contributed by atoms with E-state index in [4.69, 9.17) is 5.73 Å². The third kappa shape index (κ3) is 17.4. The normalized spacial score (nSPS) is 17.3. The fourth-order valence-electron chi connectivity index (χ4n) is 8.90. The van der Waals surface area contributed by atoms with Crippen LogP contribution in [-0.2, 0) is 57.6 Å². The van der Waals surface area contributed by atoms with Crippen LogP contribution in [0.1, 0.15) is 68.1 Å². The summed E-state index contributed by atoms with van der Waals surface area (Å²) in [6, 6.07) is 21.8. The lowest BCUT2D eigenvalue weighted by molar-refractivity contribution is -0.136. The summed E-state index contributed by atoms with van der Waals surface area (Å²) in [4.78, 5) is 120. The second-order valence-electron chi connectivity index (χ2n) is 18.2. The van der Waals surface area contributed by atoms with Gasteiger partial charge < -0.3 is 53.3 Å². The molecule has 7 atom stereocenters. The first-order valence-corrected chi connectivity index (χ1v) is 25.6. The van der Waals surface area contributed by atoms with Gasteiger partial charge in [0.15, 0.2) is 0 Å². The van der Waals surface area contributed by atoms with E-state index in [1.165, 1.54) is 0 Å². The molecule has 22 heteroatoms. The van der Waals surface area contributed by atoms with E-state index in [0.717, 1.165) is 41.5 Å². The number of amides is 10. The number of nitrogens with two attached hydrogens (primary N) is 1. The highest BCUT2D eigenvalue weighted by Crippen LogP contribution is 2.33. The Balaban J connectivity index is 0.982. The van der Waals surface area contributed by atoms with E-state index in [2.05, 4.69) is 47.5 Å². The number of H-pyrrole nitrogens is 1. The van der Waals surface area contributed by atoms with Crippen molar-refractivity contribution in [2.45, 2.75) is 106 Å². The maximum atomic E-state index is 14.3. The van der Waals surface area contributed by atoms with Gasteiger partial charge in [0.05, 0.1) is 31.1 Å². The first-order chi connectivity index (χ1) is 35.3. The predicted molar refractivity (Wildman–Crippen MR) is 272 cm³/mol.